The summed E-state index contributed by atoms with van der Waals surface area (Å²) in [6.07, 6.45) is 7.80. The Morgan fingerprint density at radius 1 is 1.16 bits per heavy atom. The van der Waals surface area contributed by atoms with E-state index in [9.17, 15) is 4.79 Å². The minimum atomic E-state index is 0.0952. The fraction of sp³-hybridized carbons (Fsp3) is 0.400. The Morgan fingerprint density at radius 2 is 1.97 bits per heavy atom. The fourth-order valence-electron chi connectivity index (χ4n) is 4.40. The second-order valence-corrected chi connectivity index (χ2v) is 8.74. The number of anilines is 1. The Kier molecular flexibility index (Phi) is 6.07. The van der Waals surface area contributed by atoms with Gasteiger partial charge in [0.05, 0.1) is 12.2 Å². The predicted octanol–water partition coefficient (Wildman–Crippen LogP) is 4.45. The molecule has 3 heterocycles. The number of nitrogens with one attached hydrogen (secondary N) is 1. The highest BCUT2D eigenvalue weighted by molar-refractivity contribution is 6.01. The number of rotatable bonds is 5. The third-order valence-electron chi connectivity index (χ3n) is 6.20. The third-order valence-corrected chi connectivity index (χ3v) is 6.20. The monoisotopic (exact) mass is 417 g/mol. The van der Waals surface area contributed by atoms with Crippen molar-refractivity contribution in [2.45, 2.75) is 39.7 Å². The van der Waals surface area contributed by atoms with Gasteiger partial charge in [0.15, 0.2) is 0 Å². The van der Waals surface area contributed by atoms with Crippen LogP contribution in [0.4, 0.5) is 5.82 Å². The van der Waals surface area contributed by atoms with Gasteiger partial charge in [-0.2, -0.15) is 5.10 Å². The smallest absolute Gasteiger partial charge is 0.254 e. The summed E-state index contributed by atoms with van der Waals surface area (Å²) >= 11 is 0. The quantitative estimate of drug-likeness (QED) is 0.666. The fourth-order valence-corrected chi connectivity index (χ4v) is 4.40. The molecule has 0 radical (unpaired) electrons. The van der Waals surface area contributed by atoms with Gasteiger partial charge in [0.1, 0.15) is 5.82 Å². The largest absolute Gasteiger partial charge is 0.368 e. The summed E-state index contributed by atoms with van der Waals surface area (Å²) in [5.41, 5.74) is 4.87. The number of aryl methyl sites for hydroxylation is 3. The predicted molar refractivity (Wildman–Crippen MR) is 124 cm³/mol. The normalized spacial score (nSPS) is 18.8. The van der Waals surface area contributed by atoms with Crippen LogP contribution >= 0.6 is 0 Å². The van der Waals surface area contributed by atoms with E-state index in [2.05, 4.69) is 39.4 Å². The molecule has 31 heavy (non-hydrogen) atoms. The van der Waals surface area contributed by atoms with Gasteiger partial charge in [-0.05, 0) is 55.9 Å². The van der Waals surface area contributed by atoms with Crippen molar-refractivity contribution in [1.82, 2.24) is 19.7 Å². The molecule has 1 saturated heterocycles. The molecule has 2 atom stereocenters. The summed E-state index contributed by atoms with van der Waals surface area (Å²) in [6.45, 7) is 7.77. The Bertz CT molecular complexity index is 1060. The minimum absolute atomic E-state index is 0.0952. The molecule has 2 aromatic heterocycles. The third kappa shape index (κ3) is 4.63. The molecule has 1 amide bonds. The van der Waals surface area contributed by atoms with Gasteiger partial charge in [-0.25, -0.2) is 4.98 Å². The van der Waals surface area contributed by atoms with Crippen molar-refractivity contribution in [3.63, 3.8) is 0 Å². The molecule has 6 nitrogen and oxygen atoms in total. The van der Waals surface area contributed by atoms with Crippen LogP contribution in [0.5, 0.6) is 0 Å². The highest BCUT2D eigenvalue weighted by Crippen LogP contribution is 2.30. The van der Waals surface area contributed by atoms with Crippen LogP contribution in [0.15, 0.2) is 48.9 Å². The maximum Gasteiger partial charge on any atom is 0.254 e. The first-order chi connectivity index (χ1) is 14.9. The van der Waals surface area contributed by atoms with E-state index in [0.29, 0.717) is 12.5 Å². The summed E-state index contributed by atoms with van der Waals surface area (Å²) in [5, 5.41) is 7.75. The number of pyridine rings is 1. The van der Waals surface area contributed by atoms with E-state index in [1.165, 1.54) is 0 Å². The van der Waals surface area contributed by atoms with Crippen molar-refractivity contribution in [1.29, 1.82) is 0 Å². The Morgan fingerprint density at radius 3 is 2.68 bits per heavy atom. The van der Waals surface area contributed by atoms with Crippen molar-refractivity contribution in [3.05, 3.63) is 65.6 Å². The van der Waals surface area contributed by atoms with Crippen LogP contribution < -0.4 is 5.32 Å². The summed E-state index contributed by atoms with van der Waals surface area (Å²) in [6, 6.07) is 10.3. The molecule has 162 valence electrons. The average molecular weight is 418 g/mol. The summed E-state index contributed by atoms with van der Waals surface area (Å²) in [5.74, 6) is 1.36. The number of nitrogens with zero attached hydrogens (tertiary/aromatic N) is 4. The second-order valence-electron chi connectivity index (χ2n) is 8.74. The number of amides is 1. The number of piperidine rings is 1. The van der Waals surface area contributed by atoms with E-state index >= 15 is 0 Å². The van der Waals surface area contributed by atoms with Crippen LogP contribution in [0.25, 0.3) is 11.1 Å². The Hall–Kier alpha value is -3.15. The minimum Gasteiger partial charge on any atom is -0.368 e. The van der Waals surface area contributed by atoms with Crippen LogP contribution in [0.3, 0.4) is 0 Å². The first-order valence-corrected chi connectivity index (χ1v) is 11.0. The van der Waals surface area contributed by atoms with E-state index in [1.54, 1.807) is 4.68 Å². The van der Waals surface area contributed by atoms with Crippen molar-refractivity contribution in [2.75, 3.05) is 18.4 Å². The lowest BCUT2D eigenvalue weighted by molar-refractivity contribution is 0.0540. The number of aromatic nitrogens is 3. The van der Waals surface area contributed by atoms with E-state index < -0.39 is 0 Å². The van der Waals surface area contributed by atoms with Crippen molar-refractivity contribution < 1.29 is 4.79 Å². The second kappa shape index (κ2) is 8.92. The molecule has 3 aromatic rings. The molecule has 6 heteroatoms. The average Bonchev–Trinajstić information content (AvgIpc) is 3.19. The zero-order valence-corrected chi connectivity index (χ0v) is 18.8. The molecule has 1 N–H and O–H groups in total. The standard InChI is InChI=1S/C25H31N5O/c1-17-7-9-21(20-14-28-29(4)16-20)22(12-17)25(31)30-11-5-6-19(3)23(30)15-27-24-10-8-18(2)13-26-24/h7-10,12-14,16,19,23H,5-6,11,15H2,1-4H3,(H,26,27)/t19-,23?/m1/s1. The van der Waals surface area contributed by atoms with Gasteiger partial charge in [0.2, 0.25) is 0 Å². The number of carbonyl (C=O) groups excluding carboxylic acids is 1. The van der Waals surface area contributed by atoms with Crippen LogP contribution in [-0.4, -0.2) is 44.7 Å². The number of benzene rings is 1. The SMILES string of the molecule is Cc1ccc(NCC2[C@H](C)CCCN2C(=O)c2cc(C)ccc2-c2cnn(C)c2)nc1. The first-order valence-electron chi connectivity index (χ1n) is 11.0. The van der Waals surface area contributed by atoms with Crippen LogP contribution in [0, 0.1) is 19.8 Å². The Balaban J connectivity index is 1.61. The highest BCUT2D eigenvalue weighted by Gasteiger charge is 2.33. The van der Waals surface area contributed by atoms with E-state index in [1.807, 2.05) is 57.7 Å². The highest BCUT2D eigenvalue weighted by atomic mass is 16.2. The van der Waals surface area contributed by atoms with E-state index in [4.69, 9.17) is 0 Å². The molecule has 0 bridgehead atoms. The maximum atomic E-state index is 13.8. The lowest BCUT2D eigenvalue weighted by Crippen LogP contribution is -2.51. The molecular formula is C25H31N5O. The maximum absolute atomic E-state index is 13.8. The first kappa shape index (κ1) is 21.1. The molecule has 1 aromatic carbocycles. The van der Waals surface area contributed by atoms with Crippen molar-refractivity contribution >= 4 is 11.7 Å². The van der Waals surface area contributed by atoms with Gasteiger partial charge in [0, 0.05) is 43.7 Å². The summed E-state index contributed by atoms with van der Waals surface area (Å²) < 4.78 is 1.77. The molecule has 1 aliphatic rings. The Labute approximate surface area is 184 Å². The molecular weight excluding hydrogens is 386 g/mol. The topological polar surface area (TPSA) is 63.1 Å². The number of hydrogen-bond acceptors (Lipinski definition) is 4. The van der Waals surface area contributed by atoms with Crippen LogP contribution in [-0.2, 0) is 7.05 Å². The van der Waals surface area contributed by atoms with E-state index in [0.717, 1.165) is 53.0 Å². The molecule has 1 unspecified atom stereocenters. The number of likely N-dealkylation sites (tertiary alicyclic amines) is 1. The molecule has 0 spiro atoms. The van der Waals surface area contributed by atoms with Gasteiger partial charge < -0.3 is 10.2 Å². The van der Waals surface area contributed by atoms with Crippen LogP contribution in [0.2, 0.25) is 0 Å². The summed E-state index contributed by atoms with van der Waals surface area (Å²) in [7, 11) is 1.90. The number of hydrogen-bond donors (Lipinski definition) is 1. The zero-order chi connectivity index (χ0) is 22.0. The van der Waals surface area contributed by atoms with Crippen LogP contribution in [0.1, 0.15) is 41.3 Å². The van der Waals surface area contributed by atoms with Gasteiger partial charge in [-0.1, -0.05) is 30.7 Å². The number of carbonyl (C=O) groups is 1. The zero-order valence-electron chi connectivity index (χ0n) is 18.8. The van der Waals surface area contributed by atoms with Gasteiger partial charge >= 0.3 is 0 Å². The van der Waals surface area contributed by atoms with Gasteiger partial charge in [-0.15, -0.1) is 0 Å². The van der Waals surface area contributed by atoms with Gasteiger partial charge in [-0.3, -0.25) is 9.48 Å². The molecule has 4 rings (SSSR count). The lowest BCUT2D eigenvalue weighted by Gasteiger charge is -2.40. The molecule has 1 fully saturated rings. The van der Waals surface area contributed by atoms with Crippen molar-refractivity contribution in [3.8, 4) is 11.1 Å². The van der Waals surface area contributed by atoms with Gasteiger partial charge in [0.25, 0.3) is 5.91 Å². The molecule has 0 saturated carbocycles. The van der Waals surface area contributed by atoms with E-state index in [-0.39, 0.29) is 11.9 Å². The molecule has 1 aliphatic heterocycles. The summed E-state index contributed by atoms with van der Waals surface area (Å²) in [4.78, 5) is 20.3. The molecule has 0 aliphatic carbocycles. The van der Waals surface area contributed by atoms with Crippen molar-refractivity contribution in [2.24, 2.45) is 13.0 Å². The lowest BCUT2D eigenvalue weighted by atomic mass is 9.89.